The van der Waals surface area contributed by atoms with Crippen LogP contribution in [0.5, 0.6) is 0 Å². The third-order valence-corrected chi connectivity index (χ3v) is 4.06. The molecule has 1 saturated heterocycles. The van der Waals surface area contributed by atoms with Crippen LogP contribution < -0.4 is 15.5 Å². The number of aromatic nitrogens is 2. The van der Waals surface area contributed by atoms with Crippen LogP contribution in [-0.4, -0.2) is 41.6 Å². The van der Waals surface area contributed by atoms with Gasteiger partial charge in [-0.2, -0.15) is 0 Å². The molecule has 1 aromatic carbocycles. The van der Waals surface area contributed by atoms with E-state index in [9.17, 15) is 9.59 Å². The predicted octanol–water partition coefficient (Wildman–Crippen LogP) is 1.71. The van der Waals surface area contributed by atoms with E-state index in [4.69, 9.17) is 11.6 Å². The second-order valence-corrected chi connectivity index (χ2v) is 5.79. The summed E-state index contributed by atoms with van der Waals surface area (Å²) in [5.74, 6) is 0.215. The van der Waals surface area contributed by atoms with Gasteiger partial charge in [0.15, 0.2) is 5.69 Å². The summed E-state index contributed by atoms with van der Waals surface area (Å²) in [4.78, 5) is 25.4. The van der Waals surface area contributed by atoms with Gasteiger partial charge in [0, 0.05) is 20.0 Å². The van der Waals surface area contributed by atoms with E-state index in [1.54, 1.807) is 23.1 Å². The Labute approximate surface area is 144 Å². The third-order valence-electron chi connectivity index (χ3n) is 3.74. The molecule has 1 unspecified atom stereocenters. The van der Waals surface area contributed by atoms with Gasteiger partial charge < -0.3 is 15.5 Å². The number of rotatable bonds is 4. The number of amides is 2. The Morgan fingerprint density at radius 1 is 1.25 bits per heavy atom. The number of nitrogens with one attached hydrogen (secondary N) is 2. The first-order chi connectivity index (χ1) is 11.6. The summed E-state index contributed by atoms with van der Waals surface area (Å²) in [6.07, 6.45) is 0.337. The van der Waals surface area contributed by atoms with Crippen LogP contribution in [0.25, 0.3) is 0 Å². The quantitative estimate of drug-likeness (QED) is 0.880. The maximum Gasteiger partial charge on any atom is 0.271 e. The van der Waals surface area contributed by atoms with Crippen molar-refractivity contribution < 1.29 is 9.59 Å². The molecule has 24 heavy (non-hydrogen) atoms. The van der Waals surface area contributed by atoms with Crippen molar-refractivity contribution in [1.29, 1.82) is 0 Å². The number of carbonyl (C=O) groups is 2. The number of benzene rings is 1. The minimum atomic E-state index is -0.296. The highest BCUT2D eigenvalue weighted by molar-refractivity contribution is 6.33. The van der Waals surface area contributed by atoms with Gasteiger partial charge in [-0.05, 0) is 24.3 Å². The van der Waals surface area contributed by atoms with Gasteiger partial charge in [-0.3, -0.25) is 9.59 Å². The lowest BCUT2D eigenvalue weighted by Gasteiger charge is -2.18. The van der Waals surface area contributed by atoms with Gasteiger partial charge in [0.25, 0.3) is 5.91 Å². The minimum Gasteiger partial charge on any atom is -0.364 e. The maximum absolute atomic E-state index is 12.2. The molecular weight excluding hydrogens is 330 g/mol. The normalized spacial score (nSPS) is 17.0. The van der Waals surface area contributed by atoms with Gasteiger partial charge in [0.1, 0.15) is 5.82 Å². The lowest BCUT2D eigenvalue weighted by molar-refractivity contribution is -0.117. The summed E-state index contributed by atoms with van der Waals surface area (Å²) in [5.41, 5.74) is 0.942. The maximum atomic E-state index is 12.2. The van der Waals surface area contributed by atoms with Gasteiger partial charge in [-0.25, -0.2) is 0 Å². The van der Waals surface area contributed by atoms with E-state index >= 15 is 0 Å². The summed E-state index contributed by atoms with van der Waals surface area (Å²) in [6, 6.07) is 10.4. The lowest BCUT2D eigenvalue weighted by Crippen LogP contribution is -2.28. The van der Waals surface area contributed by atoms with Crippen LogP contribution in [0.2, 0.25) is 5.02 Å². The Morgan fingerprint density at radius 2 is 2.04 bits per heavy atom. The molecule has 1 aliphatic heterocycles. The Hall–Kier alpha value is -2.67. The van der Waals surface area contributed by atoms with Crippen molar-refractivity contribution in [3.05, 3.63) is 47.1 Å². The van der Waals surface area contributed by atoms with E-state index < -0.39 is 0 Å². The van der Waals surface area contributed by atoms with Crippen molar-refractivity contribution in [2.75, 3.05) is 23.8 Å². The molecule has 7 nitrogen and oxygen atoms in total. The Balaban J connectivity index is 1.68. The molecule has 124 valence electrons. The Morgan fingerprint density at radius 3 is 2.71 bits per heavy atom. The molecule has 0 radical (unpaired) electrons. The highest BCUT2D eigenvalue weighted by atomic mass is 35.5. The minimum absolute atomic E-state index is 0.00413. The molecule has 1 aromatic heterocycles. The second-order valence-electron chi connectivity index (χ2n) is 5.38. The smallest absolute Gasteiger partial charge is 0.271 e. The van der Waals surface area contributed by atoms with Crippen LogP contribution in [0.15, 0.2) is 36.4 Å². The zero-order valence-corrected chi connectivity index (χ0v) is 13.7. The topological polar surface area (TPSA) is 87.2 Å². The number of halogens is 1. The zero-order chi connectivity index (χ0) is 17.1. The number of anilines is 2. The van der Waals surface area contributed by atoms with E-state index in [-0.39, 0.29) is 23.6 Å². The van der Waals surface area contributed by atoms with Crippen molar-refractivity contribution in [2.24, 2.45) is 0 Å². The van der Waals surface area contributed by atoms with Crippen LogP contribution in [0.3, 0.4) is 0 Å². The van der Waals surface area contributed by atoms with E-state index in [2.05, 4.69) is 20.8 Å². The van der Waals surface area contributed by atoms with Crippen molar-refractivity contribution >= 4 is 34.9 Å². The summed E-state index contributed by atoms with van der Waals surface area (Å²) in [6.45, 7) is 0.488. The van der Waals surface area contributed by atoms with Crippen LogP contribution in [0.4, 0.5) is 11.5 Å². The van der Waals surface area contributed by atoms with E-state index in [1.165, 1.54) is 7.05 Å². The summed E-state index contributed by atoms with van der Waals surface area (Å²) in [7, 11) is 1.53. The van der Waals surface area contributed by atoms with Gasteiger partial charge in [-0.1, -0.05) is 23.7 Å². The molecule has 0 saturated carbocycles. The van der Waals surface area contributed by atoms with Gasteiger partial charge >= 0.3 is 0 Å². The standard InChI is InChI=1S/C16H16ClN5O2/c1-18-16(24)12-6-7-14(21-20-12)19-10-8-15(23)22(9-10)13-5-3-2-4-11(13)17/h2-7,10H,8-9H2,1H3,(H,18,24)(H,19,21). The van der Waals surface area contributed by atoms with Gasteiger partial charge in [-0.15, -0.1) is 10.2 Å². The molecule has 3 rings (SSSR count). The zero-order valence-electron chi connectivity index (χ0n) is 13.0. The van der Waals surface area contributed by atoms with E-state index in [0.717, 1.165) is 0 Å². The third kappa shape index (κ3) is 3.30. The first-order valence-electron chi connectivity index (χ1n) is 7.45. The number of para-hydroxylation sites is 1. The average molecular weight is 346 g/mol. The molecule has 1 atom stereocenters. The summed E-state index contributed by atoms with van der Waals surface area (Å²) in [5, 5.41) is 14.0. The first-order valence-corrected chi connectivity index (χ1v) is 7.83. The van der Waals surface area contributed by atoms with E-state index in [0.29, 0.717) is 29.5 Å². The molecule has 0 aliphatic carbocycles. The SMILES string of the molecule is CNC(=O)c1ccc(NC2CC(=O)N(c3ccccc3Cl)C2)nn1. The molecule has 1 aliphatic rings. The molecular formula is C16H16ClN5O2. The molecule has 2 N–H and O–H groups in total. The number of hydrogen-bond acceptors (Lipinski definition) is 5. The monoisotopic (exact) mass is 345 g/mol. The number of hydrogen-bond donors (Lipinski definition) is 2. The average Bonchev–Trinajstić information content (AvgIpc) is 2.95. The van der Waals surface area contributed by atoms with Gasteiger partial charge in [0.2, 0.25) is 5.91 Å². The molecule has 1 fully saturated rings. The van der Waals surface area contributed by atoms with Crippen molar-refractivity contribution in [3.8, 4) is 0 Å². The van der Waals surface area contributed by atoms with Crippen molar-refractivity contribution in [3.63, 3.8) is 0 Å². The summed E-state index contributed by atoms with van der Waals surface area (Å²) < 4.78 is 0. The molecule has 2 amide bonds. The predicted molar refractivity (Wildman–Crippen MR) is 91.3 cm³/mol. The van der Waals surface area contributed by atoms with Crippen LogP contribution in [0.1, 0.15) is 16.9 Å². The molecule has 2 heterocycles. The number of nitrogens with zero attached hydrogens (tertiary/aromatic N) is 3. The highest BCUT2D eigenvalue weighted by Crippen LogP contribution is 2.29. The van der Waals surface area contributed by atoms with Crippen molar-refractivity contribution in [2.45, 2.75) is 12.5 Å². The molecule has 0 bridgehead atoms. The number of carbonyl (C=O) groups excluding carboxylic acids is 2. The molecule has 8 heteroatoms. The fourth-order valence-electron chi connectivity index (χ4n) is 2.58. The fraction of sp³-hybridized carbons (Fsp3) is 0.250. The Kier molecular flexibility index (Phi) is 4.61. The highest BCUT2D eigenvalue weighted by Gasteiger charge is 2.31. The first kappa shape index (κ1) is 16.2. The lowest BCUT2D eigenvalue weighted by atomic mass is 10.2. The summed E-state index contributed by atoms with van der Waals surface area (Å²) >= 11 is 6.16. The second kappa shape index (κ2) is 6.84. The van der Waals surface area contributed by atoms with Gasteiger partial charge in [0.05, 0.1) is 16.8 Å². The fourth-order valence-corrected chi connectivity index (χ4v) is 2.81. The van der Waals surface area contributed by atoms with Crippen LogP contribution in [-0.2, 0) is 4.79 Å². The van der Waals surface area contributed by atoms with Crippen LogP contribution >= 0.6 is 11.6 Å². The Bertz CT molecular complexity index is 765. The van der Waals surface area contributed by atoms with Crippen LogP contribution in [0, 0.1) is 0 Å². The molecule has 2 aromatic rings. The van der Waals surface area contributed by atoms with Crippen molar-refractivity contribution in [1.82, 2.24) is 15.5 Å². The molecule has 0 spiro atoms. The largest absolute Gasteiger partial charge is 0.364 e. The van der Waals surface area contributed by atoms with E-state index in [1.807, 2.05) is 18.2 Å².